The maximum Gasteiger partial charge on any atom is 0.339 e. The molecule has 112 valence electrons. The first-order chi connectivity index (χ1) is 10.6. The van der Waals surface area contributed by atoms with E-state index in [-0.39, 0.29) is 22.5 Å². The molecule has 0 N–H and O–H groups in total. The second-order valence-electron chi connectivity index (χ2n) is 4.41. The molecule has 0 unspecified atom stereocenters. The van der Waals surface area contributed by atoms with Gasteiger partial charge in [0.2, 0.25) is 0 Å². The van der Waals surface area contributed by atoms with Crippen molar-refractivity contribution in [3.8, 4) is 0 Å². The highest BCUT2D eigenvalue weighted by Gasteiger charge is 2.25. The largest absolute Gasteiger partial charge is 0.465 e. The molecule has 2 aromatic carbocycles. The summed E-state index contributed by atoms with van der Waals surface area (Å²) in [6.07, 6.45) is 0. The number of carbonyl (C=O) groups excluding carboxylic acids is 3. The first-order valence-electron chi connectivity index (χ1n) is 6.49. The summed E-state index contributed by atoms with van der Waals surface area (Å²) in [6, 6.07) is 12.9. The number of hydrogen-bond acceptors (Lipinski definition) is 5. The van der Waals surface area contributed by atoms with E-state index in [4.69, 9.17) is 4.74 Å². The number of hydrogen-bond donors (Lipinski definition) is 0. The lowest BCUT2D eigenvalue weighted by atomic mass is 9.94. The van der Waals surface area contributed by atoms with E-state index in [1.807, 2.05) is 0 Å². The molecule has 0 saturated carbocycles. The number of benzene rings is 2. The normalized spacial score (nSPS) is 9.91. The molecule has 0 spiro atoms. The van der Waals surface area contributed by atoms with Gasteiger partial charge in [-0.05, 0) is 6.07 Å². The Morgan fingerprint density at radius 3 is 1.91 bits per heavy atom. The Labute approximate surface area is 127 Å². The van der Waals surface area contributed by atoms with Crippen LogP contribution >= 0.6 is 0 Å². The summed E-state index contributed by atoms with van der Waals surface area (Å²) in [5.74, 6) is -1.84. The third-order valence-corrected chi connectivity index (χ3v) is 3.14. The average Bonchev–Trinajstić information content (AvgIpc) is 2.59. The highest BCUT2D eigenvalue weighted by Crippen LogP contribution is 2.20. The zero-order valence-corrected chi connectivity index (χ0v) is 12.2. The molecule has 0 radical (unpaired) electrons. The molecule has 0 aliphatic heterocycles. The maximum atomic E-state index is 12.6. The van der Waals surface area contributed by atoms with E-state index in [1.54, 1.807) is 30.3 Å². The van der Waals surface area contributed by atoms with Crippen LogP contribution in [0.5, 0.6) is 0 Å². The Balaban J connectivity index is 2.63. The highest BCUT2D eigenvalue weighted by atomic mass is 16.5. The predicted molar refractivity (Wildman–Crippen MR) is 79.0 cm³/mol. The fourth-order valence-electron chi connectivity index (χ4n) is 2.09. The summed E-state index contributed by atoms with van der Waals surface area (Å²) in [4.78, 5) is 36.4. The van der Waals surface area contributed by atoms with Crippen LogP contribution in [-0.4, -0.2) is 31.9 Å². The van der Waals surface area contributed by atoms with Crippen molar-refractivity contribution in [1.29, 1.82) is 0 Å². The van der Waals surface area contributed by atoms with Gasteiger partial charge in [-0.2, -0.15) is 0 Å². The van der Waals surface area contributed by atoms with E-state index in [9.17, 15) is 14.4 Å². The molecule has 22 heavy (non-hydrogen) atoms. The third-order valence-electron chi connectivity index (χ3n) is 3.14. The van der Waals surface area contributed by atoms with E-state index in [0.29, 0.717) is 5.56 Å². The summed E-state index contributed by atoms with van der Waals surface area (Å²) in [7, 11) is 2.39. The van der Waals surface area contributed by atoms with E-state index in [1.165, 1.54) is 32.4 Å². The maximum absolute atomic E-state index is 12.6. The highest BCUT2D eigenvalue weighted by molar-refractivity contribution is 6.17. The SMILES string of the molecule is COC(=O)c1cccc(C(=O)c2ccccc2)c1C(=O)OC. The molecule has 5 heteroatoms. The van der Waals surface area contributed by atoms with Crippen molar-refractivity contribution in [2.45, 2.75) is 0 Å². The monoisotopic (exact) mass is 298 g/mol. The molecule has 0 saturated heterocycles. The van der Waals surface area contributed by atoms with Crippen LogP contribution in [0.15, 0.2) is 48.5 Å². The first-order valence-corrected chi connectivity index (χ1v) is 6.49. The van der Waals surface area contributed by atoms with Crippen LogP contribution < -0.4 is 0 Å². The number of esters is 2. The molecule has 2 aromatic rings. The topological polar surface area (TPSA) is 69.7 Å². The minimum Gasteiger partial charge on any atom is -0.465 e. The number of carbonyl (C=O) groups is 3. The Morgan fingerprint density at radius 1 is 0.727 bits per heavy atom. The van der Waals surface area contributed by atoms with Crippen molar-refractivity contribution >= 4 is 17.7 Å². The smallest absolute Gasteiger partial charge is 0.339 e. The Kier molecular flexibility index (Phi) is 4.68. The Bertz CT molecular complexity index is 719. The molecule has 0 fully saturated rings. The molecule has 0 amide bonds. The zero-order valence-electron chi connectivity index (χ0n) is 12.2. The van der Waals surface area contributed by atoms with Gasteiger partial charge >= 0.3 is 11.9 Å². The lowest BCUT2D eigenvalue weighted by Gasteiger charge is -2.11. The first kappa shape index (κ1) is 15.4. The van der Waals surface area contributed by atoms with Crippen molar-refractivity contribution in [2.75, 3.05) is 14.2 Å². The van der Waals surface area contributed by atoms with Gasteiger partial charge in [0.1, 0.15) is 0 Å². The lowest BCUT2D eigenvalue weighted by molar-refractivity contribution is 0.0553. The molecule has 2 rings (SSSR count). The van der Waals surface area contributed by atoms with Crippen molar-refractivity contribution in [3.63, 3.8) is 0 Å². The average molecular weight is 298 g/mol. The van der Waals surface area contributed by atoms with Crippen LogP contribution in [0, 0.1) is 0 Å². The van der Waals surface area contributed by atoms with Gasteiger partial charge in [0.25, 0.3) is 0 Å². The van der Waals surface area contributed by atoms with E-state index < -0.39 is 11.9 Å². The minimum absolute atomic E-state index is 0.00358. The molecule has 0 atom stereocenters. The van der Waals surface area contributed by atoms with Crippen molar-refractivity contribution in [3.05, 3.63) is 70.8 Å². The lowest BCUT2D eigenvalue weighted by Crippen LogP contribution is -2.17. The molecular formula is C17H14O5. The van der Waals surface area contributed by atoms with E-state index in [0.717, 1.165) is 0 Å². The molecule has 0 bridgehead atoms. The van der Waals surface area contributed by atoms with Gasteiger partial charge < -0.3 is 9.47 Å². The van der Waals surface area contributed by atoms with Crippen LogP contribution in [-0.2, 0) is 9.47 Å². The van der Waals surface area contributed by atoms with Gasteiger partial charge in [0.15, 0.2) is 5.78 Å². The number of rotatable bonds is 4. The summed E-state index contributed by atoms with van der Waals surface area (Å²) < 4.78 is 9.35. The van der Waals surface area contributed by atoms with Crippen LogP contribution in [0.3, 0.4) is 0 Å². The number of methoxy groups -OCH3 is 2. The Morgan fingerprint density at radius 2 is 1.32 bits per heavy atom. The fraction of sp³-hybridized carbons (Fsp3) is 0.118. The van der Waals surface area contributed by atoms with Crippen LogP contribution in [0.25, 0.3) is 0 Å². The second kappa shape index (κ2) is 6.67. The predicted octanol–water partition coefficient (Wildman–Crippen LogP) is 2.49. The van der Waals surface area contributed by atoms with Crippen molar-refractivity contribution < 1.29 is 23.9 Å². The van der Waals surface area contributed by atoms with Gasteiger partial charge in [0, 0.05) is 11.1 Å². The van der Waals surface area contributed by atoms with Gasteiger partial charge in [-0.25, -0.2) is 9.59 Å². The molecule has 0 aliphatic carbocycles. The van der Waals surface area contributed by atoms with E-state index in [2.05, 4.69) is 4.74 Å². The second-order valence-corrected chi connectivity index (χ2v) is 4.41. The van der Waals surface area contributed by atoms with Gasteiger partial charge in [-0.3, -0.25) is 4.79 Å². The van der Waals surface area contributed by atoms with E-state index >= 15 is 0 Å². The summed E-state index contributed by atoms with van der Waals surface area (Å²) in [5, 5.41) is 0. The summed E-state index contributed by atoms with van der Waals surface area (Å²) >= 11 is 0. The summed E-state index contributed by atoms with van der Waals surface area (Å²) in [6.45, 7) is 0. The molecule has 0 aromatic heterocycles. The molecule has 5 nitrogen and oxygen atoms in total. The van der Waals surface area contributed by atoms with Crippen LogP contribution in [0.1, 0.15) is 36.6 Å². The molecule has 0 heterocycles. The fourth-order valence-corrected chi connectivity index (χ4v) is 2.09. The third kappa shape index (κ3) is 2.88. The molecule has 0 aliphatic rings. The molecular weight excluding hydrogens is 284 g/mol. The van der Waals surface area contributed by atoms with Crippen LogP contribution in [0.2, 0.25) is 0 Å². The Hall–Kier alpha value is -2.95. The minimum atomic E-state index is -0.764. The number of ether oxygens (including phenoxy) is 2. The quantitative estimate of drug-likeness (QED) is 0.640. The number of ketones is 1. The van der Waals surface area contributed by atoms with Crippen molar-refractivity contribution in [1.82, 2.24) is 0 Å². The van der Waals surface area contributed by atoms with Gasteiger partial charge in [-0.15, -0.1) is 0 Å². The standard InChI is InChI=1S/C17H14O5/c1-21-16(19)13-10-6-9-12(14(13)17(20)22-2)15(18)11-7-4-3-5-8-11/h3-10H,1-2H3. The van der Waals surface area contributed by atoms with Crippen molar-refractivity contribution in [2.24, 2.45) is 0 Å². The van der Waals surface area contributed by atoms with Gasteiger partial charge in [0.05, 0.1) is 25.3 Å². The summed E-state index contributed by atoms with van der Waals surface area (Å²) in [5.41, 5.74) is 0.414. The van der Waals surface area contributed by atoms with Gasteiger partial charge in [-0.1, -0.05) is 42.5 Å². The zero-order chi connectivity index (χ0) is 16.1. The van der Waals surface area contributed by atoms with Crippen LogP contribution in [0.4, 0.5) is 0 Å².